The van der Waals surface area contributed by atoms with E-state index < -0.39 is 0 Å². The van der Waals surface area contributed by atoms with Crippen molar-refractivity contribution in [1.29, 1.82) is 0 Å². The molecule has 2 heterocycles. The van der Waals surface area contributed by atoms with Crippen LogP contribution in [0, 0.1) is 5.92 Å². The number of hydrogen-bond acceptors (Lipinski definition) is 4. The highest BCUT2D eigenvalue weighted by Gasteiger charge is 2.27. The molecule has 1 saturated heterocycles. The van der Waals surface area contributed by atoms with E-state index in [1.807, 2.05) is 35.1 Å². The summed E-state index contributed by atoms with van der Waals surface area (Å²) in [6, 6.07) is 7.85. The molecule has 1 aliphatic heterocycles. The van der Waals surface area contributed by atoms with Crippen LogP contribution in [0.2, 0.25) is 0 Å². The lowest BCUT2D eigenvalue weighted by Crippen LogP contribution is -2.38. The maximum Gasteiger partial charge on any atom is 0.167 e. The zero-order valence-electron chi connectivity index (χ0n) is 15.3. The number of hydrogen-bond donors (Lipinski definition) is 0. The normalized spacial score (nSPS) is 18.5. The number of carbonyl (C=O) groups excluding carboxylic acids is 1. The number of benzene rings is 1. The predicted molar refractivity (Wildman–Crippen MR) is 97.9 cm³/mol. The lowest BCUT2D eigenvalue weighted by atomic mass is 9.90. The fraction of sp³-hybridized carbons (Fsp3) is 0.500. The van der Waals surface area contributed by atoms with Gasteiger partial charge in [-0.25, -0.2) is 0 Å². The summed E-state index contributed by atoms with van der Waals surface area (Å²) in [5.41, 5.74) is 1.96. The molecule has 5 heteroatoms. The van der Waals surface area contributed by atoms with Crippen molar-refractivity contribution in [1.82, 2.24) is 14.7 Å². The molecule has 1 atom stereocenters. The number of ketones is 1. The second-order valence-electron chi connectivity index (χ2n) is 7.09. The van der Waals surface area contributed by atoms with E-state index in [1.54, 1.807) is 7.11 Å². The third kappa shape index (κ3) is 4.28. The smallest absolute Gasteiger partial charge is 0.167 e. The zero-order valence-corrected chi connectivity index (χ0v) is 15.3. The number of nitrogens with zero attached hydrogens (tertiary/aromatic N) is 3. The summed E-state index contributed by atoms with van der Waals surface area (Å²) in [5.74, 6) is 1.02. The Labute approximate surface area is 149 Å². The van der Waals surface area contributed by atoms with Crippen molar-refractivity contribution in [3.05, 3.63) is 47.8 Å². The maximum atomic E-state index is 12.9. The van der Waals surface area contributed by atoms with Gasteiger partial charge in [0.1, 0.15) is 5.75 Å². The quantitative estimate of drug-likeness (QED) is 0.754. The molecule has 25 heavy (non-hydrogen) atoms. The topological polar surface area (TPSA) is 47.4 Å². The molecule has 0 saturated carbocycles. The largest absolute Gasteiger partial charge is 0.497 e. The highest BCUT2D eigenvalue weighted by molar-refractivity contribution is 5.98. The third-order valence-electron chi connectivity index (χ3n) is 4.82. The van der Waals surface area contributed by atoms with Gasteiger partial charge >= 0.3 is 0 Å². The Kier molecular flexibility index (Phi) is 5.53. The molecule has 1 aromatic carbocycles. The van der Waals surface area contributed by atoms with Crippen LogP contribution < -0.4 is 4.74 Å². The average Bonchev–Trinajstić information content (AvgIpc) is 3.10. The number of piperidine rings is 1. The molecule has 0 N–H and O–H groups in total. The SMILES string of the molecule is COc1cccc(C(=O)[C@H]2CCCN(Cc3cnn(C(C)C)c3)C2)c1. The van der Waals surface area contributed by atoms with Gasteiger partial charge in [0.05, 0.1) is 13.3 Å². The Hall–Kier alpha value is -2.14. The van der Waals surface area contributed by atoms with E-state index in [0.717, 1.165) is 43.8 Å². The lowest BCUT2D eigenvalue weighted by Gasteiger charge is -2.31. The first kappa shape index (κ1) is 17.7. The van der Waals surface area contributed by atoms with Crippen molar-refractivity contribution < 1.29 is 9.53 Å². The van der Waals surface area contributed by atoms with Gasteiger partial charge < -0.3 is 4.74 Å². The summed E-state index contributed by atoms with van der Waals surface area (Å²) in [6.45, 7) is 6.95. The maximum absolute atomic E-state index is 12.9. The summed E-state index contributed by atoms with van der Waals surface area (Å²) in [5, 5.41) is 4.41. The molecular formula is C20H27N3O2. The molecule has 1 fully saturated rings. The molecule has 1 aromatic heterocycles. The molecule has 0 aliphatic carbocycles. The summed E-state index contributed by atoms with van der Waals surface area (Å²) in [7, 11) is 1.63. The zero-order chi connectivity index (χ0) is 17.8. The van der Waals surface area contributed by atoms with E-state index in [-0.39, 0.29) is 11.7 Å². The number of methoxy groups -OCH3 is 1. The van der Waals surface area contributed by atoms with E-state index in [1.165, 1.54) is 5.56 Å². The first-order valence-electron chi connectivity index (χ1n) is 9.00. The number of Topliss-reactive ketones (excluding diaryl/α,β-unsaturated/α-hetero) is 1. The highest BCUT2D eigenvalue weighted by atomic mass is 16.5. The van der Waals surface area contributed by atoms with Crippen LogP contribution in [0.1, 0.15) is 48.7 Å². The third-order valence-corrected chi connectivity index (χ3v) is 4.82. The number of ether oxygens (including phenoxy) is 1. The summed E-state index contributed by atoms with van der Waals surface area (Å²) in [6.07, 6.45) is 6.06. The fourth-order valence-corrected chi connectivity index (χ4v) is 3.42. The monoisotopic (exact) mass is 341 g/mol. The van der Waals surface area contributed by atoms with Gasteiger partial charge in [0.25, 0.3) is 0 Å². The first-order chi connectivity index (χ1) is 12.1. The van der Waals surface area contributed by atoms with Crippen LogP contribution >= 0.6 is 0 Å². The van der Waals surface area contributed by atoms with Crippen molar-refractivity contribution in [2.24, 2.45) is 5.92 Å². The lowest BCUT2D eigenvalue weighted by molar-refractivity contribution is 0.0811. The summed E-state index contributed by atoms with van der Waals surface area (Å²) in [4.78, 5) is 15.2. The minimum absolute atomic E-state index is 0.0565. The Morgan fingerprint density at radius 3 is 2.96 bits per heavy atom. The first-order valence-corrected chi connectivity index (χ1v) is 9.00. The van der Waals surface area contributed by atoms with Crippen molar-refractivity contribution in [3.63, 3.8) is 0 Å². The molecule has 0 bridgehead atoms. The van der Waals surface area contributed by atoms with Crippen LogP contribution in [0.15, 0.2) is 36.7 Å². The highest BCUT2D eigenvalue weighted by Crippen LogP contribution is 2.24. The molecule has 134 valence electrons. The van der Waals surface area contributed by atoms with Gasteiger partial charge in [-0.15, -0.1) is 0 Å². The Morgan fingerprint density at radius 1 is 1.40 bits per heavy atom. The number of rotatable bonds is 6. The van der Waals surface area contributed by atoms with Gasteiger partial charge in [-0.05, 0) is 45.4 Å². The Morgan fingerprint density at radius 2 is 2.24 bits per heavy atom. The van der Waals surface area contributed by atoms with Gasteiger partial charge in [-0.2, -0.15) is 5.10 Å². The van der Waals surface area contributed by atoms with Crippen molar-refractivity contribution in [2.75, 3.05) is 20.2 Å². The van der Waals surface area contributed by atoms with Gasteiger partial charge in [0.2, 0.25) is 0 Å². The minimum Gasteiger partial charge on any atom is -0.497 e. The van der Waals surface area contributed by atoms with E-state index in [0.29, 0.717) is 6.04 Å². The summed E-state index contributed by atoms with van der Waals surface area (Å²) >= 11 is 0. The van der Waals surface area contributed by atoms with E-state index in [4.69, 9.17) is 4.74 Å². The number of aromatic nitrogens is 2. The molecule has 5 nitrogen and oxygen atoms in total. The van der Waals surface area contributed by atoms with Crippen molar-refractivity contribution >= 4 is 5.78 Å². The van der Waals surface area contributed by atoms with Gasteiger partial charge in [0, 0.05) is 42.4 Å². The molecule has 0 amide bonds. The van der Waals surface area contributed by atoms with Crippen LogP contribution in [0.25, 0.3) is 0 Å². The molecule has 0 spiro atoms. The van der Waals surface area contributed by atoms with E-state index >= 15 is 0 Å². The predicted octanol–water partition coefficient (Wildman–Crippen LogP) is 3.57. The van der Waals surface area contributed by atoms with Crippen LogP contribution in [0.4, 0.5) is 0 Å². The van der Waals surface area contributed by atoms with Crippen LogP contribution in [0.5, 0.6) is 5.75 Å². The standard InChI is InChI=1S/C20H27N3O2/c1-15(2)23-13-16(11-21-23)12-22-9-5-7-18(14-22)20(24)17-6-4-8-19(10-17)25-3/h4,6,8,10-11,13,15,18H,5,7,9,12,14H2,1-3H3/t18-/m0/s1. The van der Waals surface area contributed by atoms with Crippen molar-refractivity contribution in [3.8, 4) is 5.75 Å². The van der Waals surface area contributed by atoms with Gasteiger partial charge in [0.15, 0.2) is 5.78 Å². The van der Waals surface area contributed by atoms with Gasteiger partial charge in [-0.3, -0.25) is 14.4 Å². The number of carbonyl (C=O) groups is 1. The molecular weight excluding hydrogens is 314 g/mol. The molecule has 1 aliphatic rings. The second-order valence-corrected chi connectivity index (χ2v) is 7.09. The Balaban J connectivity index is 1.64. The Bertz CT molecular complexity index is 723. The molecule has 2 aromatic rings. The second kappa shape index (κ2) is 7.83. The van der Waals surface area contributed by atoms with Crippen molar-refractivity contribution in [2.45, 2.75) is 39.3 Å². The average molecular weight is 341 g/mol. The van der Waals surface area contributed by atoms with Crippen LogP contribution in [-0.4, -0.2) is 40.7 Å². The van der Waals surface area contributed by atoms with E-state index in [9.17, 15) is 4.79 Å². The molecule has 3 rings (SSSR count). The summed E-state index contributed by atoms with van der Waals surface area (Å²) < 4.78 is 7.23. The molecule has 0 radical (unpaired) electrons. The van der Waals surface area contributed by atoms with Crippen LogP contribution in [0.3, 0.4) is 0 Å². The number of likely N-dealkylation sites (tertiary alicyclic amines) is 1. The van der Waals surface area contributed by atoms with Gasteiger partial charge in [-0.1, -0.05) is 12.1 Å². The fourth-order valence-electron chi connectivity index (χ4n) is 3.42. The minimum atomic E-state index is 0.0565. The van der Waals surface area contributed by atoms with E-state index in [2.05, 4.69) is 30.0 Å². The van der Waals surface area contributed by atoms with Crippen LogP contribution in [-0.2, 0) is 6.54 Å². The molecule has 0 unspecified atom stereocenters.